The minimum atomic E-state index is -3.13. The topological polar surface area (TPSA) is 110 Å². The zero-order valence-corrected chi connectivity index (χ0v) is 8.58. The van der Waals surface area contributed by atoms with Gasteiger partial charge < -0.3 is 10.5 Å². The molecule has 0 aromatic carbocycles. The lowest BCUT2D eigenvalue weighted by Crippen LogP contribution is -2.34. The molecule has 0 saturated carbocycles. The number of hydrogen-bond acceptors (Lipinski definition) is 6. The molecule has 7 heteroatoms. The monoisotopic (exact) mass is 220 g/mol. The van der Waals surface area contributed by atoms with Gasteiger partial charge in [-0.25, -0.2) is 8.42 Å². The molecule has 2 N–H and O–H groups in total. The maximum Gasteiger partial charge on any atom is 0.323 e. The molecule has 0 saturated heterocycles. The van der Waals surface area contributed by atoms with Gasteiger partial charge in [0.15, 0.2) is 6.61 Å². The van der Waals surface area contributed by atoms with Gasteiger partial charge in [-0.05, 0) is 6.42 Å². The van der Waals surface area contributed by atoms with Crippen LogP contribution in [0.15, 0.2) is 0 Å². The Bertz CT molecular complexity index is 330. The van der Waals surface area contributed by atoms with Crippen molar-refractivity contribution < 1.29 is 17.9 Å². The van der Waals surface area contributed by atoms with Crippen LogP contribution < -0.4 is 5.73 Å². The van der Waals surface area contributed by atoms with Gasteiger partial charge in [-0.2, -0.15) is 5.26 Å². The zero-order chi connectivity index (χ0) is 11.2. The highest BCUT2D eigenvalue weighted by atomic mass is 32.2. The third kappa shape index (κ3) is 6.39. The van der Waals surface area contributed by atoms with Crippen LogP contribution in [0, 0.1) is 11.3 Å². The second-order valence-corrected chi connectivity index (χ2v) is 5.05. The Morgan fingerprint density at radius 2 is 2.21 bits per heavy atom. The largest absolute Gasteiger partial charge is 0.449 e. The molecule has 14 heavy (non-hydrogen) atoms. The highest BCUT2D eigenvalue weighted by Crippen LogP contribution is 1.96. The number of sulfone groups is 1. The van der Waals surface area contributed by atoms with Crippen molar-refractivity contribution in [2.45, 2.75) is 12.5 Å². The Balaban J connectivity index is 3.92. The molecule has 80 valence electrons. The predicted molar refractivity (Wildman–Crippen MR) is 48.9 cm³/mol. The molecular weight excluding hydrogens is 208 g/mol. The van der Waals surface area contributed by atoms with Gasteiger partial charge in [0, 0.05) is 6.26 Å². The molecule has 0 rings (SSSR count). The van der Waals surface area contributed by atoms with E-state index in [1.165, 1.54) is 0 Å². The number of rotatable bonds is 5. The van der Waals surface area contributed by atoms with E-state index in [1.807, 2.05) is 0 Å². The van der Waals surface area contributed by atoms with Crippen molar-refractivity contribution in [2.75, 3.05) is 18.6 Å². The molecule has 0 aromatic heterocycles. The fraction of sp³-hybridized carbons (Fsp3) is 0.714. The maximum atomic E-state index is 10.9. The summed E-state index contributed by atoms with van der Waals surface area (Å²) in [6.07, 6.45) is 1.06. The van der Waals surface area contributed by atoms with E-state index in [0.717, 1.165) is 6.26 Å². The van der Waals surface area contributed by atoms with E-state index in [9.17, 15) is 13.2 Å². The van der Waals surface area contributed by atoms with Crippen molar-refractivity contribution in [1.82, 2.24) is 0 Å². The lowest BCUT2D eigenvalue weighted by atomic mass is 10.2. The van der Waals surface area contributed by atoms with Gasteiger partial charge in [0.25, 0.3) is 0 Å². The van der Waals surface area contributed by atoms with Crippen molar-refractivity contribution in [3.05, 3.63) is 0 Å². The molecule has 0 fully saturated rings. The van der Waals surface area contributed by atoms with E-state index in [-0.39, 0.29) is 18.8 Å². The molecule has 0 bridgehead atoms. The summed E-state index contributed by atoms with van der Waals surface area (Å²) in [6.45, 7) is -0.370. The number of carbonyl (C=O) groups excluding carboxylic acids is 1. The Labute approximate surface area is 82.6 Å². The van der Waals surface area contributed by atoms with E-state index in [0.29, 0.717) is 0 Å². The van der Waals surface area contributed by atoms with E-state index in [2.05, 4.69) is 4.74 Å². The SMILES string of the molecule is CS(=O)(=O)CCC(N)C(=O)OCC#N. The van der Waals surface area contributed by atoms with Crippen LogP contribution in [0.5, 0.6) is 0 Å². The Kier molecular flexibility index (Phi) is 5.12. The molecule has 0 radical (unpaired) electrons. The molecular formula is C7H12N2O4S. The molecule has 0 aliphatic rings. The van der Waals surface area contributed by atoms with Gasteiger partial charge >= 0.3 is 5.97 Å². The van der Waals surface area contributed by atoms with E-state index in [4.69, 9.17) is 11.0 Å². The average Bonchev–Trinajstić information content (AvgIpc) is 2.09. The lowest BCUT2D eigenvalue weighted by molar-refractivity contribution is -0.143. The van der Waals surface area contributed by atoms with Crippen LogP contribution in [0.25, 0.3) is 0 Å². The summed E-state index contributed by atoms with van der Waals surface area (Å²) in [7, 11) is -3.13. The summed E-state index contributed by atoms with van der Waals surface area (Å²) < 4.78 is 25.8. The van der Waals surface area contributed by atoms with E-state index in [1.54, 1.807) is 6.07 Å². The quantitative estimate of drug-likeness (QED) is 0.583. The second kappa shape index (κ2) is 5.57. The van der Waals surface area contributed by atoms with Crippen LogP contribution in [-0.2, 0) is 19.4 Å². The number of ether oxygens (including phenoxy) is 1. The second-order valence-electron chi connectivity index (χ2n) is 2.79. The number of hydrogen-bond donors (Lipinski definition) is 1. The summed E-state index contributed by atoms with van der Waals surface area (Å²) >= 11 is 0. The van der Waals surface area contributed by atoms with Crippen molar-refractivity contribution >= 4 is 15.8 Å². The van der Waals surface area contributed by atoms with Crippen molar-refractivity contribution in [2.24, 2.45) is 5.73 Å². The normalized spacial score (nSPS) is 12.9. The maximum absolute atomic E-state index is 10.9. The highest BCUT2D eigenvalue weighted by molar-refractivity contribution is 7.90. The molecule has 0 spiro atoms. The minimum Gasteiger partial charge on any atom is -0.449 e. The molecule has 0 aliphatic carbocycles. The van der Waals surface area contributed by atoms with Crippen LogP contribution in [0.1, 0.15) is 6.42 Å². The first kappa shape index (κ1) is 12.9. The summed E-state index contributed by atoms with van der Waals surface area (Å²) in [4.78, 5) is 10.9. The third-order valence-electron chi connectivity index (χ3n) is 1.38. The first-order valence-corrected chi connectivity index (χ1v) is 5.90. The molecule has 1 atom stereocenters. The van der Waals surface area contributed by atoms with Gasteiger partial charge in [0.1, 0.15) is 21.9 Å². The fourth-order valence-corrected chi connectivity index (χ4v) is 1.35. The first-order valence-electron chi connectivity index (χ1n) is 3.83. The lowest BCUT2D eigenvalue weighted by Gasteiger charge is -2.08. The summed E-state index contributed by atoms with van der Waals surface area (Å²) in [5.74, 6) is -0.925. The molecule has 0 aromatic rings. The number of nitriles is 1. The van der Waals surface area contributed by atoms with E-state index < -0.39 is 21.8 Å². The van der Waals surface area contributed by atoms with Crippen LogP contribution >= 0.6 is 0 Å². The molecule has 0 aliphatic heterocycles. The Hall–Kier alpha value is -1.13. The van der Waals surface area contributed by atoms with Crippen LogP contribution in [0.3, 0.4) is 0 Å². The molecule has 1 unspecified atom stereocenters. The van der Waals surface area contributed by atoms with Crippen molar-refractivity contribution in [3.63, 3.8) is 0 Å². The van der Waals surface area contributed by atoms with Crippen molar-refractivity contribution in [3.8, 4) is 6.07 Å². The molecule has 6 nitrogen and oxygen atoms in total. The summed E-state index contributed by atoms with van der Waals surface area (Å²) in [6, 6.07) is 0.621. The van der Waals surface area contributed by atoms with Crippen molar-refractivity contribution in [1.29, 1.82) is 5.26 Å². The summed E-state index contributed by atoms with van der Waals surface area (Å²) in [5, 5.41) is 8.09. The number of carbonyl (C=O) groups is 1. The first-order chi connectivity index (χ1) is 6.37. The van der Waals surface area contributed by atoms with Crippen LogP contribution in [0.4, 0.5) is 0 Å². The number of nitrogens with two attached hydrogens (primary N) is 1. The smallest absolute Gasteiger partial charge is 0.323 e. The number of nitrogens with zero attached hydrogens (tertiary/aromatic N) is 1. The van der Waals surface area contributed by atoms with E-state index >= 15 is 0 Å². The van der Waals surface area contributed by atoms with Crippen LogP contribution in [-0.4, -0.2) is 39.0 Å². The molecule has 0 heterocycles. The predicted octanol–water partition coefficient (Wildman–Crippen LogP) is -1.18. The Morgan fingerprint density at radius 1 is 1.64 bits per heavy atom. The van der Waals surface area contributed by atoms with Crippen LogP contribution in [0.2, 0.25) is 0 Å². The van der Waals surface area contributed by atoms with Gasteiger partial charge in [-0.1, -0.05) is 0 Å². The standard InChI is InChI=1S/C7H12N2O4S/c1-14(11,12)5-2-6(9)7(10)13-4-3-8/h6H,2,4-5,9H2,1H3. The van der Waals surface area contributed by atoms with Gasteiger partial charge in [0.05, 0.1) is 5.75 Å². The third-order valence-corrected chi connectivity index (χ3v) is 2.36. The van der Waals surface area contributed by atoms with Gasteiger partial charge in [0.2, 0.25) is 0 Å². The fourth-order valence-electron chi connectivity index (χ4n) is 0.669. The summed E-state index contributed by atoms with van der Waals surface area (Å²) in [5.41, 5.74) is 5.32. The highest BCUT2D eigenvalue weighted by Gasteiger charge is 2.16. The Morgan fingerprint density at radius 3 is 2.64 bits per heavy atom. The van der Waals surface area contributed by atoms with Gasteiger partial charge in [-0.15, -0.1) is 0 Å². The average molecular weight is 220 g/mol. The minimum absolute atomic E-state index is 0.00307. The van der Waals surface area contributed by atoms with Gasteiger partial charge in [-0.3, -0.25) is 4.79 Å². The number of esters is 1. The molecule has 0 amide bonds. The zero-order valence-electron chi connectivity index (χ0n) is 7.76.